The Balaban J connectivity index is 1.47. The van der Waals surface area contributed by atoms with Gasteiger partial charge in [0.05, 0.1) is 17.6 Å². The minimum Gasteiger partial charge on any atom is -0.305 e. The van der Waals surface area contributed by atoms with Crippen LogP contribution in [0, 0.1) is 6.92 Å². The molecule has 0 aliphatic carbocycles. The summed E-state index contributed by atoms with van der Waals surface area (Å²) in [6.45, 7) is 3.03. The van der Waals surface area contributed by atoms with Crippen LogP contribution in [0.5, 0.6) is 0 Å². The number of carbonyl (C=O) groups is 1. The quantitative estimate of drug-likeness (QED) is 0.477. The fourth-order valence-corrected chi connectivity index (χ4v) is 3.80. The van der Waals surface area contributed by atoms with Crippen molar-refractivity contribution in [3.8, 4) is 11.4 Å². The first-order valence-corrected chi connectivity index (χ1v) is 9.60. The van der Waals surface area contributed by atoms with Crippen molar-refractivity contribution in [3.63, 3.8) is 0 Å². The van der Waals surface area contributed by atoms with E-state index in [0.717, 1.165) is 28.9 Å². The second-order valence-electron chi connectivity index (χ2n) is 7.36. The second kappa shape index (κ2) is 6.90. The average Bonchev–Trinajstić information content (AvgIpc) is 3.23. The smallest absolute Gasteiger partial charge is 0.305 e. The molecule has 4 aromatic rings. The van der Waals surface area contributed by atoms with Crippen LogP contribution in [0.25, 0.3) is 22.3 Å². The van der Waals surface area contributed by atoms with Gasteiger partial charge < -0.3 is 4.90 Å². The van der Waals surface area contributed by atoms with Gasteiger partial charge in [-0.1, -0.05) is 0 Å². The number of hydrogen-bond donors (Lipinski definition) is 0. The lowest BCUT2D eigenvalue weighted by atomic mass is 10.1. The molecule has 3 heterocycles. The molecule has 31 heavy (non-hydrogen) atoms. The van der Waals surface area contributed by atoms with Crippen LogP contribution in [0.4, 0.5) is 18.9 Å². The number of aromatic nitrogens is 4. The number of benzene rings is 2. The molecule has 1 amide bonds. The van der Waals surface area contributed by atoms with Gasteiger partial charge in [-0.2, -0.15) is 18.3 Å². The molecule has 6 nitrogen and oxygen atoms in total. The number of carbonyl (C=O) groups excluding carboxylic acids is 1. The molecule has 0 bridgehead atoms. The molecule has 0 unspecified atom stereocenters. The summed E-state index contributed by atoms with van der Waals surface area (Å²) < 4.78 is 40.4. The van der Waals surface area contributed by atoms with Crippen LogP contribution >= 0.6 is 0 Å². The topological polar surface area (TPSA) is 63.9 Å². The lowest BCUT2D eigenvalue weighted by Gasteiger charge is -2.29. The molecule has 0 saturated carbocycles. The number of anilines is 1. The summed E-state index contributed by atoms with van der Waals surface area (Å²) in [5.74, 6) is 0.298. The largest absolute Gasteiger partial charge is 0.416 e. The molecular weight excluding hydrogens is 407 g/mol. The van der Waals surface area contributed by atoms with E-state index in [2.05, 4.69) is 15.1 Å². The predicted molar refractivity (Wildman–Crippen MR) is 109 cm³/mol. The van der Waals surface area contributed by atoms with Gasteiger partial charge in [-0.25, -0.2) is 9.97 Å². The van der Waals surface area contributed by atoms with Crippen molar-refractivity contribution in [1.82, 2.24) is 19.7 Å². The molecule has 0 radical (unpaired) electrons. The van der Waals surface area contributed by atoms with Crippen molar-refractivity contribution in [2.75, 3.05) is 11.4 Å². The van der Waals surface area contributed by atoms with Crippen molar-refractivity contribution in [3.05, 3.63) is 71.7 Å². The van der Waals surface area contributed by atoms with Gasteiger partial charge in [-0.15, -0.1) is 0 Å². The number of hydrogen-bond acceptors (Lipinski definition) is 4. The van der Waals surface area contributed by atoms with E-state index < -0.39 is 11.7 Å². The molecule has 0 saturated heterocycles. The number of rotatable bonds is 2. The molecule has 1 aliphatic heterocycles. The summed E-state index contributed by atoms with van der Waals surface area (Å²) in [5, 5.41) is 4.47. The number of alkyl halides is 3. The Bertz CT molecular complexity index is 1330. The Labute approximate surface area is 175 Å². The van der Waals surface area contributed by atoms with E-state index in [1.807, 2.05) is 25.1 Å². The summed E-state index contributed by atoms with van der Waals surface area (Å²) >= 11 is 0. The van der Waals surface area contributed by atoms with Gasteiger partial charge in [0, 0.05) is 35.6 Å². The summed E-state index contributed by atoms with van der Waals surface area (Å²) in [6.07, 6.45) is -1.41. The van der Waals surface area contributed by atoms with E-state index in [0.29, 0.717) is 35.5 Å². The number of amides is 1. The third-order valence-corrected chi connectivity index (χ3v) is 5.37. The van der Waals surface area contributed by atoms with Gasteiger partial charge in [0.25, 0.3) is 5.91 Å². The lowest BCUT2D eigenvalue weighted by molar-refractivity contribution is -0.137. The van der Waals surface area contributed by atoms with Gasteiger partial charge in [0.1, 0.15) is 5.69 Å². The molecule has 0 N–H and O–H groups in total. The van der Waals surface area contributed by atoms with Crippen LogP contribution in [0.3, 0.4) is 0 Å². The highest BCUT2D eigenvalue weighted by molar-refractivity contribution is 6.06. The first-order valence-electron chi connectivity index (χ1n) is 9.60. The lowest BCUT2D eigenvalue weighted by Crippen LogP contribution is -2.40. The molecule has 156 valence electrons. The second-order valence-corrected chi connectivity index (χ2v) is 7.36. The van der Waals surface area contributed by atoms with Crippen molar-refractivity contribution >= 4 is 22.5 Å². The molecule has 9 heteroatoms. The third kappa shape index (κ3) is 3.31. The zero-order valence-electron chi connectivity index (χ0n) is 16.4. The Kier molecular flexibility index (Phi) is 4.28. The maximum atomic E-state index is 12.9. The maximum Gasteiger partial charge on any atom is 0.416 e. The summed E-state index contributed by atoms with van der Waals surface area (Å²) in [5.41, 5.74) is 2.62. The highest BCUT2D eigenvalue weighted by atomic mass is 19.4. The Morgan fingerprint density at radius 3 is 2.65 bits per heavy atom. The van der Waals surface area contributed by atoms with Gasteiger partial charge in [0.15, 0.2) is 5.82 Å². The SMILES string of the molecule is Cc1cc(-c2ncc3cc(C(F)(F)F)ccc3n2)ccc1N1CCn2nccc2C1=O. The van der Waals surface area contributed by atoms with Gasteiger partial charge in [-0.3, -0.25) is 9.48 Å². The van der Waals surface area contributed by atoms with Crippen LogP contribution in [0.2, 0.25) is 0 Å². The summed E-state index contributed by atoms with van der Waals surface area (Å²) in [4.78, 5) is 23.2. The van der Waals surface area contributed by atoms with Crippen LogP contribution in [-0.2, 0) is 12.7 Å². The molecule has 2 aromatic carbocycles. The number of aryl methyl sites for hydroxylation is 1. The van der Waals surface area contributed by atoms with E-state index in [1.165, 1.54) is 12.3 Å². The maximum absolute atomic E-state index is 12.9. The highest BCUT2D eigenvalue weighted by Crippen LogP contribution is 2.32. The van der Waals surface area contributed by atoms with E-state index >= 15 is 0 Å². The minimum absolute atomic E-state index is 0.109. The average molecular weight is 423 g/mol. The first-order chi connectivity index (χ1) is 14.8. The molecule has 0 spiro atoms. The Morgan fingerprint density at radius 2 is 1.87 bits per heavy atom. The number of nitrogens with zero attached hydrogens (tertiary/aromatic N) is 5. The van der Waals surface area contributed by atoms with E-state index in [1.54, 1.807) is 21.8 Å². The minimum atomic E-state index is -4.41. The normalized spacial score (nSPS) is 14.2. The Morgan fingerprint density at radius 1 is 1.03 bits per heavy atom. The molecule has 2 aromatic heterocycles. The Hall–Kier alpha value is -3.75. The fourth-order valence-electron chi connectivity index (χ4n) is 3.80. The van der Waals surface area contributed by atoms with E-state index in [-0.39, 0.29) is 5.91 Å². The summed E-state index contributed by atoms with van der Waals surface area (Å²) in [7, 11) is 0. The molecular formula is C22H16F3N5O. The van der Waals surface area contributed by atoms with Gasteiger partial charge >= 0.3 is 6.18 Å². The van der Waals surface area contributed by atoms with Crippen molar-refractivity contribution in [2.24, 2.45) is 0 Å². The molecule has 5 rings (SSSR count). The van der Waals surface area contributed by atoms with Gasteiger partial charge in [-0.05, 0) is 55.0 Å². The monoisotopic (exact) mass is 423 g/mol. The van der Waals surface area contributed by atoms with Crippen LogP contribution < -0.4 is 4.90 Å². The fraction of sp³-hybridized carbons (Fsp3) is 0.182. The standard InChI is InChI=1S/C22H16F3N5O/c1-13-10-14(2-5-18(13)29-8-9-30-19(21(29)31)6-7-27-30)20-26-12-15-11-16(22(23,24)25)3-4-17(15)28-20/h2-7,10-12H,8-9H2,1H3. The number of halogens is 3. The van der Waals surface area contributed by atoms with Crippen LogP contribution in [0.15, 0.2) is 54.9 Å². The van der Waals surface area contributed by atoms with Crippen LogP contribution in [-0.4, -0.2) is 32.2 Å². The molecule has 0 fully saturated rings. The van der Waals surface area contributed by atoms with Crippen molar-refractivity contribution in [2.45, 2.75) is 19.6 Å². The van der Waals surface area contributed by atoms with Crippen molar-refractivity contribution in [1.29, 1.82) is 0 Å². The third-order valence-electron chi connectivity index (χ3n) is 5.37. The predicted octanol–water partition coefficient (Wildman–Crippen LogP) is 4.48. The number of fused-ring (bicyclic) bond motifs is 2. The molecule has 0 atom stereocenters. The zero-order valence-corrected chi connectivity index (χ0v) is 16.4. The summed E-state index contributed by atoms with van der Waals surface area (Å²) in [6, 6.07) is 10.6. The first kappa shape index (κ1) is 19.2. The highest BCUT2D eigenvalue weighted by Gasteiger charge is 2.30. The van der Waals surface area contributed by atoms with Crippen LogP contribution in [0.1, 0.15) is 21.6 Å². The van der Waals surface area contributed by atoms with Gasteiger partial charge in [0.2, 0.25) is 0 Å². The zero-order chi connectivity index (χ0) is 21.8. The van der Waals surface area contributed by atoms with Crippen molar-refractivity contribution < 1.29 is 18.0 Å². The molecule has 1 aliphatic rings. The van der Waals surface area contributed by atoms with E-state index in [4.69, 9.17) is 0 Å². The van der Waals surface area contributed by atoms with E-state index in [9.17, 15) is 18.0 Å².